The molecule has 0 saturated carbocycles. The number of aromatic nitrogens is 1. The predicted molar refractivity (Wildman–Crippen MR) is 101 cm³/mol. The molecule has 26 heavy (non-hydrogen) atoms. The molecule has 0 fully saturated rings. The fraction of sp³-hybridized carbons (Fsp3) is 0. The van der Waals surface area contributed by atoms with E-state index in [1.807, 2.05) is 36.4 Å². The van der Waals surface area contributed by atoms with E-state index in [1.54, 1.807) is 18.2 Å². The highest BCUT2D eigenvalue weighted by Gasteiger charge is 2.15. The average molecular weight is 366 g/mol. The molecule has 3 aromatic carbocycles. The smallest absolute Gasteiger partial charge is 0.261 e. The van der Waals surface area contributed by atoms with E-state index in [2.05, 4.69) is 9.71 Å². The van der Waals surface area contributed by atoms with Crippen molar-refractivity contribution in [3.63, 3.8) is 0 Å². The van der Waals surface area contributed by atoms with Gasteiger partial charge in [0.25, 0.3) is 10.0 Å². The molecule has 0 atom stereocenters. The van der Waals surface area contributed by atoms with E-state index < -0.39 is 15.8 Å². The molecule has 0 radical (unpaired) electrons. The molecule has 0 unspecified atom stereocenters. The van der Waals surface area contributed by atoms with Gasteiger partial charge in [-0.15, -0.1) is 0 Å². The molecule has 130 valence electrons. The Hall–Kier alpha value is -3.12. The Morgan fingerprint density at radius 2 is 1.65 bits per heavy atom. The van der Waals surface area contributed by atoms with Crippen molar-refractivity contribution in [2.75, 3.05) is 4.72 Å². The largest absolute Gasteiger partial charge is 0.355 e. The topological polar surface area (TPSA) is 62.0 Å². The summed E-state index contributed by atoms with van der Waals surface area (Å²) in [6.45, 7) is 0. The first-order valence-electron chi connectivity index (χ1n) is 7.98. The minimum atomic E-state index is -3.86. The zero-order chi connectivity index (χ0) is 18.1. The number of para-hydroxylation sites is 1. The number of H-pyrrole nitrogens is 1. The van der Waals surface area contributed by atoms with Crippen molar-refractivity contribution in [2.24, 2.45) is 0 Å². The van der Waals surface area contributed by atoms with E-state index in [4.69, 9.17) is 0 Å². The molecule has 4 nitrogen and oxygen atoms in total. The first kappa shape index (κ1) is 16.4. The Labute approximate surface area is 150 Å². The van der Waals surface area contributed by atoms with Gasteiger partial charge in [-0.05, 0) is 42.5 Å². The standard InChI is InChI=1S/C20H15FN2O2S/c21-16-7-4-9-18(13-16)26(24,25)23-17-8-3-6-14(11-17)20-12-15-5-1-2-10-19(15)22-20/h1-13,22-23H. The molecule has 1 aromatic heterocycles. The summed E-state index contributed by atoms with van der Waals surface area (Å²) < 4.78 is 40.7. The van der Waals surface area contributed by atoms with E-state index in [0.717, 1.165) is 28.2 Å². The Morgan fingerprint density at radius 3 is 2.46 bits per heavy atom. The highest BCUT2D eigenvalue weighted by atomic mass is 32.2. The molecule has 0 amide bonds. The number of anilines is 1. The van der Waals surface area contributed by atoms with Crippen LogP contribution >= 0.6 is 0 Å². The van der Waals surface area contributed by atoms with Gasteiger partial charge in [0, 0.05) is 27.8 Å². The zero-order valence-electron chi connectivity index (χ0n) is 13.6. The summed E-state index contributed by atoms with van der Waals surface area (Å²) in [5.74, 6) is -0.597. The number of aromatic amines is 1. The lowest BCUT2D eigenvalue weighted by Gasteiger charge is -2.09. The minimum absolute atomic E-state index is 0.117. The van der Waals surface area contributed by atoms with Crippen LogP contribution in [0.15, 0.2) is 83.8 Å². The van der Waals surface area contributed by atoms with Gasteiger partial charge in [0.05, 0.1) is 4.90 Å². The summed E-state index contributed by atoms with van der Waals surface area (Å²) in [7, 11) is -3.86. The number of hydrogen-bond acceptors (Lipinski definition) is 2. The molecule has 4 aromatic rings. The Kier molecular flexibility index (Phi) is 3.97. The minimum Gasteiger partial charge on any atom is -0.355 e. The first-order chi connectivity index (χ1) is 12.5. The van der Waals surface area contributed by atoms with Crippen LogP contribution < -0.4 is 4.72 Å². The third-order valence-electron chi connectivity index (χ3n) is 4.06. The van der Waals surface area contributed by atoms with Gasteiger partial charge < -0.3 is 4.98 Å². The van der Waals surface area contributed by atoms with Crippen molar-refractivity contribution in [2.45, 2.75) is 4.90 Å². The Bertz CT molecular complexity index is 1170. The highest BCUT2D eigenvalue weighted by Crippen LogP contribution is 2.27. The summed E-state index contributed by atoms with van der Waals surface area (Å²) in [6, 6.07) is 21.9. The number of nitrogens with one attached hydrogen (secondary N) is 2. The van der Waals surface area contributed by atoms with E-state index in [1.165, 1.54) is 18.2 Å². The third kappa shape index (κ3) is 3.19. The van der Waals surface area contributed by atoms with Gasteiger partial charge in [-0.25, -0.2) is 12.8 Å². The number of sulfonamides is 1. The molecule has 6 heteroatoms. The second-order valence-electron chi connectivity index (χ2n) is 5.91. The maximum absolute atomic E-state index is 13.3. The van der Waals surface area contributed by atoms with Crippen molar-refractivity contribution >= 4 is 26.6 Å². The summed E-state index contributed by atoms with van der Waals surface area (Å²) >= 11 is 0. The second-order valence-corrected chi connectivity index (χ2v) is 7.60. The van der Waals surface area contributed by atoms with Crippen molar-refractivity contribution in [3.05, 3.63) is 84.7 Å². The van der Waals surface area contributed by atoms with Gasteiger partial charge in [-0.2, -0.15) is 0 Å². The Morgan fingerprint density at radius 1 is 0.846 bits per heavy atom. The first-order valence-corrected chi connectivity index (χ1v) is 9.46. The van der Waals surface area contributed by atoms with Crippen molar-refractivity contribution in [3.8, 4) is 11.3 Å². The maximum atomic E-state index is 13.3. The van der Waals surface area contributed by atoms with Crippen LogP contribution in [-0.2, 0) is 10.0 Å². The number of rotatable bonds is 4. The molecular formula is C20H15FN2O2S. The SMILES string of the molecule is O=S(=O)(Nc1cccc(-c2cc3ccccc3[nH]2)c1)c1cccc(F)c1. The normalized spacial score (nSPS) is 11.6. The molecule has 0 bridgehead atoms. The summed E-state index contributed by atoms with van der Waals surface area (Å²) in [4.78, 5) is 3.20. The van der Waals surface area contributed by atoms with Crippen LogP contribution in [0.2, 0.25) is 0 Å². The van der Waals surface area contributed by atoms with Gasteiger partial charge in [-0.3, -0.25) is 4.72 Å². The van der Waals surface area contributed by atoms with E-state index >= 15 is 0 Å². The van der Waals surface area contributed by atoms with Crippen molar-refractivity contribution in [1.82, 2.24) is 4.98 Å². The number of hydrogen-bond donors (Lipinski definition) is 2. The number of fused-ring (bicyclic) bond motifs is 1. The van der Waals surface area contributed by atoms with Gasteiger partial charge in [-0.1, -0.05) is 36.4 Å². The predicted octanol–water partition coefficient (Wildman–Crippen LogP) is 4.77. The van der Waals surface area contributed by atoms with E-state index in [9.17, 15) is 12.8 Å². The van der Waals surface area contributed by atoms with E-state index in [-0.39, 0.29) is 4.90 Å². The molecule has 4 rings (SSSR count). The second kappa shape index (κ2) is 6.31. The number of benzene rings is 3. The van der Waals surface area contributed by atoms with Crippen molar-refractivity contribution < 1.29 is 12.8 Å². The quantitative estimate of drug-likeness (QED) is 0.546. The molecule has 0 saturated heterocycles. The summed E-state index contributed by atoms with van der Waals surface area (Å²) in [5, 5.41) is 1.08. The maximum Gasteiger partial charge on any atom is 0.261 e. The molecule has 0 aliphatic rings. The summed E-state index contributed by atoms with van der Waals surface area (Å²) in [6.07, 6.45) is 0. The monoisotopic (exact) mass is 366 g/mol. The van der Waals surface area contributed by atoms with Crippen LogP contribution in [0.5, 0.6) is 0 Å². The van der Waals surface area contributed by atoms with Crippen LogP contribution in [0.4, 0.5) is 10.1 Å². The molecule has 2 N–H and O–H groups in total. The van der Waals surface area contributed by atoms with Gasteiger partial charge in [0.1, 0.15) is 5.82 Å². The van der Waals surface area contributed by atoms with Crippen LogP contribution in [0.25, 0.3) is 22.2 Å². The molecule has 0 aliphatic carbocycles. The van der Waals surface area contributed by atoms with E-state index in [0.29, 0.717) is 5.69 Å². The molecule has 0 spiro atoms. The zero-order valence-corrected chi connectivity index (χ0v) is 14.4. The lowest BCUT2D eigenvalue weighted by molar-refractivity contribution is 0.595. The van der Waals surface area contributed by atoms with Gasteiger partial charge in [0.2, 0.25) is 0 Å². The number of halogens is 1. The molecule has 1 heterocycles. The van der Waals surface area contributed by atoms with Gasteiger partial charge in [0.15, 0.2) is 0 Å². The fourth-order valence-corrected chi connectivity index (χ4v) is 3.91. The highest BCUT2D eigenvalue weighted by molar-refractivity contribution is 7.92. The Balaban J connectivity index is 1.67. The fourth-order valence-electron chi connectivity index (χ4n) is 2.83. The van der Waals surface area contributed by atoms with Gasteiger partial charge >= 0.3 is 0 Å². The third-order valence-corrected chi connectivity index (χ3v) is 5.44. The van der Waals surface area contributed by atoms with Crippen LogP contribution in [0.1, 0.15) is 0 Å². The van der Waals surface area contributed by atoms with Crippen LogP contribution in [0.3, 0.4) is 0 Å². The van der Waals surface area contributed by atoms with Crippen LogP contribution in [0, 0.1) is 5.82 Å². The van der Waals surface area contributed by atoms with Crippen LogP contribution in [-0.4, -0.2) is 13.4 Å². The summed E-state index contributed by atoms with van der Waals surface area (Å²) in [5.41, 5.74) is 3.15. The average Bonchev–Trinajstić information content (AvgIpc) is 3.06. The van der Waals surface area contributed by atoms with Crippen molar-refractivity contribution in [1.29, 1.82) is 0 Å². The molecular weight excluding hydrogens is 351 g/mol. The lowest BCUT2D eigenvalue weighted by Crippen LogP contribution is -2.13. The lowest BCUT2D eigenvalue weighted by atomic mass is 10.1. The molecule has 0 aliphatic heterocycles.